The molecule has 0 unspecified atom stereocenters. The summed E-state index contributed by atoms with van der Waals surface area (Å²) in [6, 6.07) is 14.7. The molecule has 0 spiro atoms. The molecule has 2 aliphatic rings. The molecular weight excluding hydrogens is 488 g/mol. The highest BCUT2D eigenvalue weighted by Crippen LogP contribution is 2.45. The van der Waals surface area contributed by atoms with Crippen LogP contribution in [0.3, 0.4) is 0 Å². The standard InChI is InChI=1S/C29H24N2O5S/c1-14-9-15(2)24-22(10-14)37-29(30-24)31-25(17-5-4-6-20(32)13-17)23(27(34)28(31)35)26(33)18-7-8-21-19(12-18)11-16(3)36-21/h4-10,12-13,16,25,32-33H,11H2,1-3H3/t16-,25+/m1/s1. The second kappa shape index (κ2) is 8.45. The number of phenols is 1. The highest BCUT2D eigenvalue weighted by Gasteiger charge is 2.48. The van der Waals surface area contributed by atoms with E-state index in [1.807, 2.05) is 32.9 Å². The van der Waals surface area contributed by atoms with Crippen LogP contribution >= 0.6 is 11.3 Å². The number of aromatic nitrogens is 1. The summed E-state index contributed by atoms with van der Waals surface area (Å²) in [5.41, 5.74) is 4.60. The molecule has 3 aromatic carbocycles. The Hall–Kier alpha value is -4.17. The van der Waals surface area contributed by atoms with Crippen molar-refractivity contribution in [1.82, 2.24) is 4.98 Å². The number of carbonyl (C=O) groups is 2. The van der Waals surface area contributed by atoms with Crippen molar-refractivity contribution in [1.29, 1.82) is 0 Å². The van der Waals surface area contributed by atoms with Gasteiger partial charge in [-0.25, -0.2) is 4.98 Å². The zero-order valence-corrected chi connectivity index (χ0v) is 21.3. The number of amides is 1. The molecule has 3 heterocycles. The Kier molecular flexibility index (Phi) is 5.31. The summed E-state index contributed by atoms with van der Waals surface area (Å²) in [7, 11) is 0. The number of carbonyl (C=O) groups excluding carboxylic acids is 2. The van der Waals surface area contributed by atoms with Crippen LogP contribution in [0.25, 0.3) is 16.0 Å². The summed E-state index contributed by atoms with van der Waals surface area (Å²) in [6.07, 6.45) is 0.710. The third kappa shape index (κ3) is 3.76. The summed E-state index contributed by atoms with van der Waals surface area (Å²) in [5, 5.41) is 22.0. The highest BCUT2D eigenvalue weighted by molar-refractivity contribution is 7.22. The van der Waals surface area contributed by atoms with Gasteiger partial charge in [0, 0.05) is 12.0 Å². The number of aromatic hydroxyl groups is 1. The number of aliphatic hydroxyl groups excluding tert-OH is 1. The van der Waals surface area contributed by atoms with Gasteiger partial charge in [0.15, 0.2) is 5.13 Å². The number of aryl methyl sites for hydroxylation is 2. The Morgan fingerprint density at radius 3 is 2.70 bits per heavy atom. The van der Waals surface area contributed by atoms with E-state index in [-0.39, 0.29) is 23.2 Å². The molecule has 0 radical (unpaired) electrons. The molecular formula is C29H24N2O5S. The summed E-state index contributed by atoms with van der Waals surface area (Å²) in [4.78, 5) is 33.0. The molecule has 0 bridgehead atoms. The van der Waals surface area contributed by atoms with Crippen LogP contribution in [0.4, 0.5) is 5.13 Å². The van der Waals surface area contributed by atoms with Gasteiger partial charge in [0.1, 0.15) is 23.4 Å². The summed E-state index contributed by atoms with van der Waals surface area (Å²) < 4.78 is 6.67. The van der Waals surface area contributed by atoms with E-state index < -0.39 is 17.7 Å². The Labute approximate surface area is 217 Å². The molecule has 37 heavy (non-hydrogen) atoms. The largest absolute Gasteiger partial charge is 0.508 e. The number of aliphatic hydroxyl groups is 1. The number of thiazole rings is 1. The summed E-state index contributed by atoms with van der Waals surface area (Å²) in [6.45, 7) is 5.92. The number of nitrogens with zero attached hydrogens (tertiary/aromatic N) is 2. The van der Waals surface area contributed by atoms with Crippen LogP contribution in [0.2, 0.25) is 0 Å². The molecule has 1 aromatic heterocycles. The number of ether oxygens (including phenoxy) is 1. The van der Waals surface area contributed by atoms with E-state index in [0.717, 1.165) is 32.7 Å². The quantitative estimate of drug-likeness (QED) is 0.212. The molecule has 186 valence electrons. The molecule has 2 aliphatic heterocycles. The van der Waals surface area contributed by atoms with E-state index in [1.54, 1.807) is 30.3 Å². The van der Waals surface area contributed by atoms with Gasteiger partial charge in [0.05, 0.1) is 21.8 Å². The molecule has 6 rings (SSSR count). The Balaban J connectivity index is 1.55. The van der Waals surface area contributed by atoms with Crippen molar-refractivity contribution in [2.24, 2.45) is 0 Å². The molecule has 0 aliphatic carbocycles. The first-order chi connectivity index (χ1) is 17.7. The topological polar surface area (TPSA) is 100.0 Å². The Morgan fingerprint density at radius 2 is 1.92 bits per heavy atom. The molecule has 2 atom stereocenters. The van der Waals surface area contributed by atoms with E-state index in [4.69, 9.17) is 9.72 Å². The van der Waals surface area contributed by atoms with Gasteiger partial charge >= 0.3 is 5.91 Å². The maximum absolute atomic E-state index is 13.5. The van der Waals surface area contributed by atoms with E-state index in [9.17, 15) is 19.8 Å². The van der Waals surface area contributed by atoms with E-state index in [1.165, 1.54) is 28.4 Å². The molecule has 1 fully saturated rings. The first-order valence-corrected chi connectivity index (χ1v) is 12.8. The number of hydrogen-bond donors (Lipinski definition) is 2. The van der Waals surface area contributed by atoms with Crippen LogP contribution < -0.4 is 9.64 Å². The first-order valence-electron chi connectivity index (χ1n) is 12.0. The van der Waals surface area contributed by atoms with Crippen molar-refractivity contribution in [2.45, 2.75) is 39.3 Å². The number of ketones is 1. The van der Waals surface area contributed by atoms with E-state index in [0.29, 0.717) is 22.7 Å². The average molecular weight is 513 g/mol. The minimum atomic E-state index is -0.961. The zero-order valence-electron chi connectivity index (χ0n) is 20.5. The van der Waals surface area contributed by atoms with E-state index in [2.05, 4.69) is 0 Å². The predicted molar refractivity (Wildman–Crippen MR) is 142 cm³/mol. The van der Waals surface area contributed by atoms with Gasteiger partial charge in [0.25, 0.3) is 5.78 Å². The molecule has 7 nitrogen and oxygen atoms in total. The fourth-order valence-electron chi connectivity index (χ4n) is 5.23. The molecule has 1 amide bonds. The number of anilines is 1. The van der Waals surface area contributed by atoms with Crippen LogP contribution in [-0.4, -0.2) is 33.0 Å². The lowest BCUT2D eigenvalue weighted by molar-refractivity contribution is -0.132. The van der Waals surface area contributed by atoms with Crippen LogP contribution in [0.1, 0.15) is 40.8 Å². The fourth-order valence-corrected chi connectivity index (χ4v) is 6.40. The number of rotatable bonds is 3. The maximum Gasteiger partial charge on any atom is 0.301 e. The molecule has 1 saturated heterocycles. The highest BCUT2D eigenvalue weighted by atomic mass is 32.1. The van der Waals surface area contributed by atoms with Crippen LogP contribution in [-0.2, 0) is 16.0 Å². The first kappa shape index (κ1) is 23.2. The SMILES string of the molecule is Cc1cc(C)c2nc(N3C(=O)C(=O)C(=C(O)c4ccc5c(c4)C[C@@H](C)O5)[C@@H]3c3cccc(O)c3)sc2c1. The monoisotopic (exact) mass is 512 g/mol. The van der Waals surface area contributed by atoms with Crippen molar-refractivity contribution in [3.05, 3.63) is 88.0 Å². The normalized spacial score (nSPS) is 20.5. The zero-order chi connectivity index (χ0) is 26.0. The summed E-state index contributed by atoms with van der Waals surface area (Å²) in [5.74, 6) is -1.12. The molecule has 8 heteroatoms. The number of Topliss-reactive ketones (excluding diaryl/α,β-unsaturated/α-hetero) is 1. The van der Waals surface area contributed by atoms with Gasteiger partial charge in [-0.15, -0.1) is 0 Å². The number of phenolic OH excluding ortho intramolecular Hbond substituents is 1. The van der Waals surface area contributed by atoms with Gasteiger partial charge < -0.3 is 14.9 Å². The van der Waals surface area contributed by atoms with Crippen molar-refractivity contribution >= 4 is 44.1 Å². The lowest BCUT2D eigenvalue weighted by Crippen LogP contribution is -2.29. The third-order valence-corrected chi connectivity index (χ3v) is 7.83. The third-order valence-electron chi connectivity index (χ3n) is 6.82. The van der Waals surface area contributed by atoms with Crippen LogP contribution in [0.15, 0.2) is 60.2 Å². The second-order valence-electron chi connectivity index (χ2n) is 9.64. The molecule has 2 N–H and O–H groups in total. The van der Waals surface area contributed by atoms with Gasteiger partial charge in [0.2, 0.25) is 0 Å². The maximum atomic E-state index is 13.5. The van der Waals surface area contributed by atoms with Crippen molar-refractivity contribution in [3.63, 3.8) is 0 Å². The lowest BCUT2D eigenvalue weighted by Gasteiger charge is -2.23. The minimum Gasteiger partial charge on any atom is -0.508 e. The van der Waals surface area contributed by atoms with Gasteiger partial charge in [-0.3, -0.25) is 14.5 Å². The second-order valence-corrected chi connectivity index (χ2v) is 10.7. The van der Waals surface area contributed by atoms with Crippen molar-refractivity contribution in [2.75, 3.05) is 4.90 Å². The average Bonchev–Trinajstić information content (AvgIpc) is 3.51. The Bertz CT molecular complexity index is 1650. The number of hydrogen-bond acceptors (Lipinski definition) is 7. The van der Waals surface area contributed by atoms with Crippen molar-refractivity contribution < 1.29 is 24.5 Å². The van der Waals surface area contributed by atoms with Gasteiger partial charge in [-0.2, -0.15) is 0 Å². The van der Waals surface area contributed by atoms with Crippen LogP contribution in [0, 0.1) is 13.8 Å². The smallest absolute Gasteiger partial charge is 0.301 e. The Morgan fingerprint density at radius 1 is 1.11 bits per heavy atom. The van der Waals surface area contributed by atoms with Gasteiger partial charge in [-0.05, 0) is 79.4 Å². The molecule has 4 aromatic rings. The van der Waals surface area contributed by atoms with Crippen molar-refractivity contribution in [3.8, 4) is 11.5 Å². The summed E-state index contributed by atoms with van der Waals surface area (Å²) >= 11 is 1.32. The van der Waals surface area contributed by atoms with Crippen LogP contribution in [0.5, 0.6) is 11.5 Å². The molecule has 0 saturated carbocycles. The predicted octanol–water partition coefficient (Wildman–Crippen LogP) is 5.57. The fraction of sp³-hybridized carbons (Fsp3) is 0.207. The number of fused-ring (bicyclic) bond motifs is 2. The minimum absolute atomic E-state index is 0.0116. The van der Waals surface area contributed by atoms with E-state index >= 15 is 0 Å². The number of benzene rings is 3. The lowest BCUT2D eigenvalue weighted by atomic mass is 9.94. The van der Waals surface area contributed by atoms with Gasteiger partial charge in [-0.1, -0.05) is 29.5 Å².